The SMILES string of the molecule is CCCCC/C=C\C/C=C\CCCCCCCCCC(=O)OCC(COP(=O)(O)OCC(CO)OC(=O)CCCCCCCCCCCCCCCCCCC)OC(=O)CCCCCCCCCCC/C=C\CCCCCCCC. The monoisotopic (exact) mass is 1150 g/mol. The van der Waals surface area contributed by atoms with Gasteiger partial charge in [-0.1, -0.05) is 282 Å². The molecule has 0 saturated heterocycles. The van der Waals surface area contributed by atoms with Crippen molar-refractivity contribution in [3.05, 3.63) is 36.5 Å². The Kier molecular flexibility index (Phi) is 60.9. The van der Waals surface area contributed by atoms with Gasteiger partial charge in [0.2, 0.25) is 0 Å². The second-order valence-corrected chi connectivity index (χ2v) is 24.4. The summed E-state index contributed by atoms with van der Waals surface area (Å²) in [5.41, 5.74) is 0. The highest BCUT2D eigenvalue weighted by molar-refractivity contribution is 7.47. The number of aliphatic hydroxyl groups excluding tert-OH is 1. The van der Waals surface area contributed by atoms with Gasteiger partial charge in [-0.05, 0) is 77.0 Å². The van der Waals surface area contributed by atoms with Crippen molar-refractivity contribution < 1.29 is 52.2 Å². The fourth-order valence-electron chi connectivity index (χ4n) is 9.86. The summed E-state index contributed by atoms with van der Waals surface area (Å²) in [6.45, 7) is 4.69. The van der Waals surface area contributed by atoms with Crippen molar-refractivity contribution in [3.8, 4) is 0 Å². The van der Waals surface area contributed by atoms with E-state index in [2.05, 4.69) is 57.2 Å². The first-order chi connectivity index (χ1) is 39.2. The molecule has 0 radical (unpaired) electrons. The molecule has 3 atom stereocenters. The van der Waals surface area contributed by atoms with Crippen molar-refractivity contribution in [3.63, 3.8) is 0 Å². The Morgan fingerprint density at radius 3 is 0.963 bits per heavy atom. The lowest BCUT2D eigenvalue weighted by Crippen LogP contribution is -2.30. The minimum Gasteiger partial charge on any atom is -0.462 e. The highest BCUT2D eigenvalue weighted by Gasteiger charge is 2.28. The summed E-state index contributed by atoms with van der Waals surface area (Å²) in [6.07, 6.45) is 68.0. The molecule has 0 aromatic rings. The molecule has 12 heteroatoms. The first-order valence-electron chi connectivity index (χ1n) is 33.9. The lowest BCUT2D eigenvalue weighted by molar-refractivity contribution is -0.161. The van der Waals surface area contributed by atoms with Gasteiger partial charge in [-0.2, -0.15) is 0 Å². The quantitative estimate of drug-likeness (QED) is 0.0197. The third-order valence-corrected chi connectivity index (χ3v) is 16.0. The molecule has 0 heterocycles. The maximum absolute atomic E-state index is 13.0. The maximum Gasteiger partial charge on any atom is 0.472 e. The van der Waals surface area contributed by atoms with Crippen molar-refractivity contribution >= 4 is 25.7 Å². The topological polar surface area (TPSA) is 155 Å². The third kappa shape index (κ3) is 60.3. The molecule has 3 unspecified atom stereocenters. The van der Waals surface area contributed by atoms with Gasteiger partial charge in [-0.15, -0.1) is 0 Å². The van der Waals surface area contributed by atoms with Gasteiger partial charge in [0.1, 0.15) is 12.7 Å². The molecular formula is C68H127O11P. The fraction of sp³-hybridized carbons (Fsp3) is 0.868. The number of rotatable bonds is 64. The van der Waals surface area contributed by atoms with E-state index in [1.807, 2.05) is 0 Å². The number of hydrogen-bond donors (Lipinski definition) is 2. The number of carbonyl (C=O) groups excluding carboxylic acids is 3. The van der Waals surface area contributed by atoms with Crippen LogP contribution in [0.25, 0.3) is 0 Å². The van der Waals surface area contributed by atoms with E-state index >= 15 is 0 Å². The number of unbranched alkanes of at least 4 members (excludes halogenated alkanes) is 41. The van der Waals surface area contributed by atoms with E-state index in [0.29, 0.717) is 19.3 Å². The van der Waals surface area contributed by atoms with E-state index in [0.717, 1.165) is 70.6 Å². The number of esters is 3. The number of allylic oxidation sites excluding steroid dienone is 6. The molecule has 0 aromatic heterocycles. The largest absolute Gasteiger partial charge is 0.472 e. The van der Waals surface area contributed by atoms with Gasteiger partial charge in [0.15, 0.2) is 6.10 Å². The summed E-state index contributed by atoms with van der Waals surface area (Å²) in [5.74, 6) is -1.45. The highest BCUT2D eigenvalue weighted by atomic mass is 31.2. The molecule has 0 aliphatic heterocycles. The summed E-state index contributed by atoms with van der Waals surface area (Å²) in [6, 6.07) is 0. The molecule has 0 bridgehead atoms. The smallest absolute Gasteiger partial charge is 0.462 e. The number of hydrogen-bond acceptors (Lipinski definition) is 10. The molecule has 470 valence electrons. The van der Waals surface area contributed by atoms with Crippen LogP contribution < -0.4 is 0 Å². The maximum atomic E-state index is 13.0. The van der Waals surface area contributed by atoms with Gasteiger partial charge in [0.25, 0.3) is 0 Å². The third-order valence-electron chi connectivity index (χ3n) is 15.0. The molecule has 0 spiro atoms. The molecular weight excluding hydrogens is 1020 g/mol. The van der Waals surface area contributed by atoms with E-state index in [9.17, 15) is 28.9 Å². The average Bonchev–Trinajstić information content (AvgIpc) is 3.45. The molecule has 0 amide bonds. The van der Waals surface area contributed by atoms with Crippen LogP contribution in [0.2, 0.25) is 0 Å². The predicted octanol–water partition coefficient (Wildman–Crippen LogP) is 20.7. The number of aliphatic hydroxyl groups is 1. The molecule has 80 heavy (non-hydrogen) atoms. The highest BCUT2D eigenvalue weighted by Crippen LogP contribution is 2.43. The van der Waals surface area contributed by atoms with E-state index in [-0.39, 0.29) is 25.9 Å². The zero-order valence-corrected chi connectivity index (χ0v) is 53.2. The summed E-state index contributed by atoms with van der Waals surface area (Å²) in [7, 11) is -4.75. The number of phosphoric ester groups is 1. The predicted molar refractivity (Wildman–Crippen MR) is 335 cm³/mol. The summed E-state index contributed by atoms with van der Waals surface area (Å²) in [5, 5.41) is 9.87. The zero-order valence-electron chi connectivity index (χ0n) is 52.3. The van der Waals surface area contributed by atoms with Crippen molar-refractivity contribution in [2.45, 2.75) is 354 Å². The Labute approximate surface area is 492 Å². The van der Waals surface area contributed by atoms with Crippen LogP contribution in [0.3, 0.4) is 0 Å². The Morgan fingerprint density at radius 2 is 0.613 bits per heavy atom. The fourth-order valence-corrected chi connectivity index (χ4v) is 10.6. The van der Waals surface area contributed by atoms with Crippen LogP contribution in [0.5, 0.6) is 0 Å². The first kappa shape index (κ1) is 77.7. The van der Waals surface area contributed by atoms with Gasteiger partial charge < -0.3 is 24.2 Å². The number of phosphoric acid groups is 1. The Morgan fingerprint density at radius 1 is 0.350 bits per heavy atom. The van der Waals surface area contributed by atoms with E-state index < -0.39 is 57.8 Å². The molecule has 0 rings (SSSR count). The van der Waals surface area contributed by atoms with Crippen LogP contribution in [-0.4, -0.2) is 66.5 Å². The minimum absolute atomic E-state index is 0.167. The molecule has 0 saturated carbocycles. The van der Waals surface area contributed by atoms with Crippen LogP contribution >= 0.6 is 7.82 Å². The summed E-state index contributed by atoms with van der Waals surface area (Å²) < 4.78 is 39.8. The lowest BCUT2D eigenvalue weighted by atomic mass is 10.0. The van der Waals surface area contributed by atoms with Crippen LogP contribution in [0, 0.1) is 0 Å². The van der Waals surface area contributed by atoms with Crippen molar-refractivity contribution in [2.24, 2.45) is 0 Å². The van der Waals surface area contributed by atoms with E-state index in [4.69, 9.17) is 23.3 Å². The van der Waals surface area contributed by atoms with Gasteiger partial charge in [-0.25, -0.2) is 4.57 Å². The van der Waals surface area contributed by atoms with Crippen molar-refractivity contribution in [1.29, 1.82) is 0 Å². The van der Waals surface area contributed by atoms with E-state index in [1.165, 1.54) is 212 Å². The number of carbonyl (C=O) groups is 3. The zero-order chi connectivity index (χ0) is 58.3. The summed E-state index contributed by atoms with van der Waals surface area (Å²) in [4.78, 5) is 48.8. The number of ether oxygens (including phenoxy) is 3. The Hall–Kier alpha value is -2.30. The first-order valence-corrected chi connectivity index (χ1v) is 35.4. The van der Waals surface area contributed by atoms with Crippen LogP contribution in [0.15, 0.2) is 36.5 Å². The van der Waals surface area contributed by atoms with Crippen molar-refractivity contribution in [1.82, 2.24) is 0 Å². The van der Waals surface area contributed by atoms with Crippen molar-refractivity contribution in [2.75, 3.05) is 26.4 Å². The van der Waals surface area contributed by atoms with Gasteiger partial charge in [0.05, 0.1) is 19.8 Å². The molecule has 0 fully saturated rings. The normalized spacial score (nSPS) is 13.4. The molecule has 2 N–H and O–H groups in total. The van der Waals surface area contributed by atoms with Gasteiger partial charge >= 0.3 is 25.7 Å². The molecule has 11 nitrogen and oxygen atoms in total. The second kappa shape index (κ2) is 62.7. The average molecular weight is 1150 g/mol. The van der Waals surface area contributed by atoms with Crippen LogP contribution in [-0.2, 0) is 42.2 Å². The molecule has 0 aliphatic carbocycles. The van der Waals surface area contributed by atoms with Crippen LogP contribution in [0.1, 0.15) is 342 Å². The van der Waals surface area contributed by atoms with E-state index in [1.54, 1.807) is 0 Å². The van der Waals surface area contributed by atoms with Crippen LogP contribution in [0.4, 0.5) is 0 Å². The minimum atomic E-state index is -4.75. The summed E-state index contributed by atoms with van der Waals surface area (Å²) >= 11 is 0. The lowest BCUT2D eigenvalue weighted by Gasteiger charge is -2.21. The molecule has 0 aliphatic rings. The second-order valence-electron chi connectivity index (χ2n) is 23.0. The Balaban J connectivity index is 4.66. The van der Waals surface area contributed by atoms with Gasteiger partial charge in [-0.3, -0.25) is 23.4 Å². The van der Waals surface area contributed by atoms with Gasteiger partial charge in [0, 0.05) is 19.3 Å². The standard InChI is InChI=1S/C68H127O11P/c1-4-7-10-13-16-19-22-25-28-31-32-35-38-41-44-47-50-53-56-59-68(72)79-65(61-75-66(70)57-54-51-48-45-42-39-36-33-29-26-23-20-17-14-11-8-5-2)63-77-80(73,74)76-62-64(60-69)78-67(71)58-55-52-49-46-43-40-37-34-30-27-24-21-18-15-12-9-6-3/h17,20,25-26,28-29,64-65,69H,4-16,18-19,21-24,27,30-63H2,1-3H3,(H,73,74)/b20-17-,28-25-,29-26-. The molecule has 0 aromatic carbocycles. The Bertz CT molecular complexity index is 1480.